The molecule has 1 amide bonds. The summed E-state index contributed by atoms with van der Waals surface area (Å²) in [6, 6.07) is 11.7. The molecule has 0 radical (unpaired) electrons. The van der Waals surface area contributed by atoms with Crippen LogP contribution in [-0.4, -0.2) is 32.4 Å². The molecule has 25 heavy (non-hydrogen) atoms. The van der Waals surface area contributed by atoms with Crippen molar-refractivity contribution in [1.29, 1.82) is 0 Å². The van der Waals surface area contributed by atoms with Crippen molar-refractivity contribution in [3.8, 4) is 0 Å². The van der Waals surface area contributed by atoms with Crippen LogP contribution in [0.3, 0.4) is 0 Å². The van der Waals surface area contributed by atoms with Crippen LogP contribution in [0.5, 0.6) is 0 Å². The van der Waals surface area contributed by atoms with E-state index < -0.39 is 0 Å². The second kappa shape index (κ2) is 7.30. The normalized spacial score (nSPS) is 10.7. The smallest absolute Gasteiger partial charge is 0.255 e. The number of amides is 1. The Morgan fingerprint density at radius 1 is 1.16 bits per heavy atom. The summed E-state index contributed by atoms with van der Waals surface area (Å²) in [6.07, 6.45) is 5.31. The first-order chi connectivity index (χ1) is 12.1. The fourth-order valence-electron chi connectivity index (χ4n) is 2.96. The van der Waals surface area contributed by atoms with Gasteiger partial charge in [0.05, 0.1) is 17.8 Å². The third kappa shape index (κ3) is 3.76. The minimum Gasteiger partial charge on any atom is -0.342 e. The van der Waals surface area contributed by atoms with Gasteiger partial charge in [0.25, 0.3) is 5.91 Å². The number of aromatic nitrogens is 3. The van der Waals surface area contributed by atoms with Gasteiger partial charge in [-0.1, -0.05) is 12.1 Å². The molecule has 0 aliphatic rings. The van der Waals surface area contributed by atoms with Crippen molar-refractivity contribution >= 4 is 5.91 Å². The van der Waals surface area contributed by atoms with E-state index in [4.69, 9.17) is 0 Å². The Bertz CT molecular complexity index is 856. The van der Waals surface area contributed by atoms with Crippen molar-refractivity contribution in [2.24, 2.45) is 0 Å². The quantitative estimate of drug-likeness (QED) is 0.720. The second-order valence-electron chi connectivity index (χ2n) is 6.21. The van der Waals surface area contributed by atoms with Gasteiger partial charge >= 0.3 is 0 Å². The maximum Gasteiger partial charge on any atom is 0.255 e. The molecule has 0 atom stereocenters. The summed E-state index contributed by atoms with van der Waals surface area (Å²) in [7, 11) is 1.82. The van der Waals surface area contributed by atoms with Crippen LogP contribution < -0.4 is 0 Å². The van der Waals surface area contributed by atoms with E-state index in [-0.39, 0.29) is 5.91 Å². The number of hydrogen-bond donors (Lipinski definition) is 0. The average Bonchev–Trinajstić information content (AvgIpc) is 2.91. The van der Waals surface area contributed by atoms with Gasteiger partial charge in [0, 0.05) is 43.6 Å². The maximum absolute atomic E-state index is 12.9. The van der Waals surface area contributed by atoms with E-state index in [0.717, 1.165) is 28.2 Å². The van der Waals surface area contributed by atoms with E-state index >= 15 is 0 Å². The van der Waals surface area contributed by atoms with Gasteiger partial charge in [-0.25, -0.2) is 0 Å². The predicted octanol–water partition coefficient (Wildman–Crippen LogP) is 3.22. The first kappa shape index (κ1) is 16.9. The molecule has 0 bridgehead atoms. The fraction of sp³-hybridized carbons (Fsp3) is 0.250. The monoisotopic (exact) mass is 334 g/mol. The highest BCUT2D eigenvalue weighted by Gasteiger charge is 2.19. The summed E-state index contributed by atoms with van der Waals surface area (Å²) in [6.45, 7) is 5.21. The second-order valence-corrected chi connectivity index (χ2v) is 6.21. The van der Waals surface area contributed by atoms with E-state index in [0.29, 0.717) is 13.1 Å². The molecule has 0 aromatic carbocycles. The Hall–Kier alpha value is -2.95. The summed E-state index contributed by atoms with van der Waals surface area (Å²) >= 11 is 0. The molecule has 5 heteroatoms. The molecule has 5 nitrogen and oxygen atoms in total. The lowest BCUT2D eigenvalue weighted by Gasteiger charge is -2.17. The molecule has 0 fully saturated rings. The number of aryl methyl sites for hydroxylation is 1. The molecule has 0 saturated carbocycles. The third-order valence-corrected chi connectivity index (χ3v) is 4.34. The van der Waals surface area contributed by atoms with Gasteiger partial charge in [-0.3, -0.25) is 14.8 Å². The fourth-order valence-corrected chi connectivity index (χ4v) is 2.96. The minimum absolute atomic E-state index is 0.0178. The van der Waals surface area contributed by atoms with Crippen LogP contribution in [0, 0.1) is 13.8 Å². The van der Waals surface area contributed by atoms with E-state index in [1.54, 1.807) is 23.5 Å². The van der Waals surface area contributed by atoms with Crippen molar-refractivity contribution in [3.63, 3.8) is 0 Å². The molecular formula is C20H22N4O. The highest BCUT2D eigenvalue weighted by Crippen LogP contribution is 2.19. The summed E-state index contributed by atoms with van der Waals surface area (Å²) in [4.78, 5) is 23.1. The molecular weight excluding hydrogens is 312 g/mol. The Kier molecular flexibility index (Phi) is 4.93. The number of hydrogen-bond acceptors (Lipinski definition) is 3. The predicted molar refractivity (Wildman–Crippen MR) is 97.3 cm³/mol. The first-order valence-corrected chi connectivity index (χ1v) is 8.27. The summed E-state index contributed by atoms with van der Waals surface area (Å²) in [5.74, 6) is 0.0178. The zero-order valence-corrected chi connectivity index (χ0v) is 14.8. The number of carbonyl (C=O) groups is 1. The van der Waals surface area contributed by atoms with E-state index in [1.807, 2.05) is 57.3 Å². The van der Waals surface area contributed by atoms with E-state index in [9.17, 15) is 4.79 Å². The van der Waals surface area contributed by atoms with Gasteiger partial charge in [-0.15, -0.1) is 0 Å². The molecule has 0 N–H and O–H groups in total. The van der Waals surface area contributed by atoms with Gasteiger partial charge in [-0.05, 0) is 43.7 Å². The topological polar surface area (TPSA) is 51.0 Å². The highest BCUT2D eigenvalue weighted by atomic mass is 16.2. The van der Waals surface area contributed by atoms with Crippen molar-refractivity contribution < 1.29 is 4.79 Å². The van der Waals surface area contributed by atoms with Crippen molar-refractivity contribution in [2.75, 3.05) is 7.05 Å². The van der Waals surface area contributed by atoms with Crippen LogP contribution >= 0.6 is 0 Å². The SMILES string of the molecule is Cc1cc(C(=O)N(C)Cc2cccnc2)c(C)n1Cc1ccccn1. The molecule has 3 aromatic heterocycles. The highest BCUT2D eigenvalue weighted by molar-refractivity contribution is 5.95. The summed E-state index contributed by atoms with van der Waals surface area (Å²) in [5, 5.41) is 0. The Labute approximate surface area is 148 Å². The average molecular weight is 334 g/mol. The van der Waals surface area contributed by atoms with Gasteiger partial charge in [0.1, 0.15) is 0 Å². The number of carbonyl (C=O) groups excluding carboxylic acids is 1. The van der Waals surface area contributed by atoms with Crippen molar-refractivity contribution in [3.05, 3.63) is 83.2 Å². The van der Waals surface area contributed by atoms with Crippen LogP contribution in [0.15, 0.2) is 55.0 Å². The molecule has 0 unspecified atom stereocenters. The molecule has 3 heterocycles. The van der Waals surface area contributed by atoms with Gasteiger partial charge in [0.15, 0.2) is 0 Å². The zero-order valence-electron chi connectivity index (χ0n) is 14.8. The van der Waals surface area contributed by atoms with Crippen LogP contribution in [0.1, 0.15) is 33.0 Å². The van der Waals surface area contributed by atoms with Crippen molar-refractivity contribution in [1.82, 2.24) is 19.4 Å². The third-order valence-electron chi connectivity index (χ3n) is 4.34. The van der Waals surface area contributed by atoms with Crippen LogP contribution in [-0.2, 0) is 13.1 Å². The molecule has 3 rings (SSSR count). The minimum atomic E-state index is 0.0178. The molecule has 3 aromatic rings. The van der Waals surface area contributed by atoms with E-state index in [2.05, 4.69) is 14.5 Å². The van der Waals surface area contributed by atoms with Crippen LogP contribution in [0.25, 0.3) is 0 Å². The van der Waals surface area contributed by atoms with Gasteiger partial charge < -0.3 is 9.47 Å². The molecule has 0 aliphatic carbocycles. The zero-order chi connectivity index (χ0) is 17.8. The standard InChI is InChI=1S/C20H22N4O/c1-15-11-19(16(2)24(15)14-18-8-4-5-10-22-18)20(25)23(3)13-17-7-6-9-21-12-17/h4-12H,13-14H2,1-3H3. The number of nitrogens with zero attached hydrogens (tertiary/aromatic N) is 4. The van der Waals surface area contributed by atoms with Crippen LogP contribution in [0.2, 0.25) is 0 Å². The lowest BCUT2D eigenvalue weighted by molar-refractivity contribution is 0.0784. The maximum atomic E-state index is 12.9. The molecule has 0 spiro atoms. The molecule has 128 valence electrons. The number of rotatable bonds is 5. The Morgan fingerprint density at radius 3 is 2.68 bits per heavy atom. The lowest BCUT2D eigenvalue weighted by Crippen LogP contribution is -2.26. The van der Waals surface area contributed by atoms with Crippen molar-refractivity contribution in [2.45, 2.75) is 26.9 Å². The molecule has 0 aliphatic heterocycles. The largest absolute Gasteiger partial charge is 0.342 e. The number of pyridine rings is 2. The molecule has 0 saturated heterocycles. The lowest BCUT2D eigenvalue weighted by atomic mass is 10.2. The van der Waals surface area contributed by atoms with E-state index in [1.165, 1.54) is 0 Å². The summed E-state index contributed by atoms with van der Waals surface area (Å²) < 4.78 is 2.13. The first-order valence-electron chi connectivity index (χ1n) is 8.27. The van der Waals surface area contributed by atoms with Gasteiger partial charge in [0.2, 0.25) is 0 Å². The Morgan fingerprint density at radius 2 is 2.00 bits per heavy atom. The van der Waals surface area contributed by atoms with Crippen LogP contribution in [0.4, 0.5) is 0 Å². The van der Waals surface area contributed by atoms with Gasteiger partial charge in [-0.2, -0.15) is 0 Å². The summed E-state index contributed by atoms with van der Waals surface area (Å²) in [5.41, 5.74) is 4.75. The Balaban J connectivity index is 1.80.